The molecule has 3 N–H and O–H groups in total. The number of hydrogen-bond acceptors (Lipinski definition) is 6. The van der Waals surface area contributed by atoms with Crippen LogP contribution in [0, 0.1) is 5.82 Å². The van der Waals surface area contributed by atoms with Gasteiger partial charge in [0, 0.05) is 43.8 Å². The van der Waals surface area contributed by atoms with Crippen molar-refractivity contribution in [1.29, 1.82) is 0 Å². The molecule has 1 fully saturated rings. The Labute approximate surface area is 174 Å². The smallest absolute Gasteiger partial charge is 0.271 e. The van der Waals surface area contributed by atoms with E-state index in [1.807, 2.05) is 13.2 Å². The maximum Gasteiger partial charge on any atom is 0.271 e. The number of imidazole rings is 1. The molecule has 1 aromatic carbocycles. The van der Waals surface area contributed by atoms with E-state index in [-0.39, 0.29) is 11.7 Å². The summed E-state index contributed by atoms with van der Waals surface area (Å²) in [4.78, 5) is 25.0. The molecule has 30 heavy (non-hydrogen) atoms. The van der Waals surface area contributed by atoms with Crippen molar-refractivity contribution in [3.8, 4) is 0 Å². The average Bonchev–Trinajstić information content (AvgIpc) is 3.47. The first-order valence-electron chi connectivity index (χ1n) is 9.98. The second kappa shape index (κ2) is 8.89. The summed E-state index contributed by atoms with van der Waals surface area (Å²) >= 11 is 0. The highest BCUT2D eigenvalue weighted by Crippen LogP contribution is 2.42. The largest absolute Gasteiger partial charge is 0.370 e. The zero-order chi connectivity index (χ0) is 20.9. The molecule has 2 aromatic heterocycles. The molecular formula is C21H24FN7O. The second-order valence-electron chi connectivity index (χ2n) is 7.37. The Morgan fingerprint density at radius 1 is 1.27 bits per heavy atom. The van der Waals surface area contributed by atoms with Crippen LogP contribution in [-0.4, -0.2) is 38.5 Å². The van der Waals surface area contributed by atoms with Crippen LogP contribution >= 0.6 is 0 Å². The number of anilines is 3. The molecule has 1 saturated carbocycles. The van der Waals surface area contributed by atoms with Gasteiger partial charge in [-0.15, -0.1) is 0 Å². The number of benzene rings is 1. The molecule has 0 spiro atoms. The van der Waals surface area contributed by atoms with Crippen molar-refractivity contribution in [1.82, 2.24) is 24.8 Å². The number of carbonyl (C=O) groups excluding carboxylic acids is 1. The lowest BCUT2D eigenvalue weighted by molar-refractivity contribution is 0.0949. The summed E-state index contributed by atoms with van der Waals surface area (Å²) in [5, 5.41) is 9.26. The fourth-order valence-electron chi connectivity index (χ4n) is 3.10. The molecule has 0 aliphatic heterocycles. The van der Waals surface area contributed by atoms with Gasteiger partial charge in [-0.05, 0) is 43.4 Å². The fraction of sp³-hybridized carbons (Fsp3) is 0.333. The van der Waals surface area contributed by atoms with Crippen molar-refractivity contribution in [3.63, 3.8) is 0 Å². The molecular weight excluding hydrogens is 385 g/mol. The first-order chi connectivity index (χ1) is 14.6. The zero-order valence-corrected chi connectivity index (χ0v) is 16.7. The molecule has 9 heteroatoms. The Balaban J connectivity index is 1.32. The van der Waals surface area contributed by atoms with Crippen molar-refractivity contribution < 1.29 is 9.18 Å². The predicted octanol–water partition coefficient (Wildman–Crippen LogP) is 3.20. The molecule has 1 amide bonds. The third kappa shape index (κ3) is 5.11. The number of rotatable bonds is 9. The SMILES string of the molecule is Cn1cnc(C(=O)NCCCNc2nc(Nc3cccc(F)c3)ncc2C2CC2)c1. The van der Waals surface area contributed by atoms with Gasteiger partial charge >= 0.3 is 0 Å². The van der Waals surface area contributed by atoms with Crippen LogP contribution in [-0.2, 0) is 7.05 Å². The molecule has 4 rings (SSSR count). The van der Waals surface area contributed by atoms with Crippen LogP contribution in [0.3, 0.4) is 0 Å². The van der Waals surface area contributed by atoms with Crippen molar-refractivity contribution in [2.75, 3.05) is 23.7 Å². The van der Waals surface area contributed by atoms with E-state index in [2.05, 4.69) is 30.9 Å². The highest BCUT2D eigenvalue weighted by atomic mass is 19.1. The van der Waals surface area contributed by atoms with E-state index in [0.717, 1.165) is 30.6 Å². The first kappa shape index (κ1) is 19.8. The maximum absolute atomic E-state index is 13.4. The Morgan fingerprint density at radius 2 is 2.13 bits per heavy atom. The van der Waals surface area contributed by atoms with Gasteiger partial charge in [0.1, 0.15) is 17.3 Å². The summed E-state index contributed by atoms with van der Waals surface area (Å²) in [5.41, 5.74) is 2.10. The summed E-state index contributed by atoms with van der Waals surface area (Å²) in [6.45, 7) is 1.18. The predicted molar refractivity (Wildman–Crippen MR) is 112 cm³/mol. The highest BCUT2D eigenvalue weighted by molar-refractivity contribution is 5.91. The lowest BCUT2D eigenvalue weighted by Crippen LogP contribution is -2.26. The van der Waals surface area contributed by atoms with Crippen molar-refractivity contribution in [2.45, 2.75) is 25.2 Å². The van der Waals surface area contributed by atoms with Gasteiger partial charge in [0.2, 0.25) is 5.95 Å². The summed E-state index contributed by atoms with van der Waals surface area (Å²) in [6, 6.07) is 6.19. The van der Waals surface area contributed by atoms with Crippen LogP contribution in [0.25, 0.3) is 0 Å². The van der Waals surface area contributed by atoms with E-state index in [0.29, 0.717) is 36.3 Å². The topological polar surface area (TPSA) is 96.8 Å². The van der Waals surface area contributed by atoms with E-state index in [1.165, 1.54) is 12.1 Å². The van der Waals surface area contributed by atoms with Crippen LogP contribution in [0.1, 0.15) is 41.2 Å². The standard InChI is InChI=1S/C21H24FN7O/c1-29-12-18(26-13-29)20(30)24-9-3-8-23-19-17(14-6-7-14)11-25-21(28-19)27-16-5-2-4-15(22)10-16/h2,4-5,10-14H,3,6-9H2,1H3,(H,24,30)(H2,23,25,27,28). The number of nitrogens with one attached hydrogen (secondary N) is 3. The van der Waals surface area contributed by atoms with Crippen LogP contribution < -0.4 is 16.0 Å². The molecule has 0 saturated heterocycles. The van der Waals surface area contributed by atoms with Crippen molar-refractivity contribution >= 4 is 23.4 Å². The minimum Gasteiger partial charge on any atom is -0.370 e. The summed E-state index contributed by atoms with van der Waals surface area (Å²) in [7, 11) is 1.82. The second-order valence-corrected chi connectivity index (χ2v) is 7.37. The van der Waals surface area contributed by atoms with Gasteiger partial charge in [0.05, 0.1) is 6.33 Å². The third-order valence-electron chi connectivity index (χ3n) is 4.78. The quantitative estimate of drug-likeness (QED) is 0.470. The molecule has 8 nitrogen and oxygen atoms in total. The van der Waals surface area contributed by atoms with E-state index < -0.39 is 0 Å². The number of hydrogen-bond donors (Lipinski definition) is 3. The third-order valence-corrected chi connectivity index (χ3v) is 4.78. The zero-order valence-electron chi connectivity index (χ0n) is 16.7. The Kier molecular flexibility index (Phi) is 5.87. The molecule has 2 heterocycles. The number of amides is 1. The summed E-state index contributed by atoms with van der Waals surface area (Å²) in [6.07, 6.45) is 8.12. The molecule has 1 aliphatic carbocycles. The normalized spacial score (nSPS) is 13.1. The van der Waals surface area contributed by atoms with E-state index in [1.54, 1.807) is 29.2 Å². The number of aromatic nitrogens is 4. The van der Waals surface area contributed by atoms with E-state index in [4.69, 9.17) is 0 Å². The van der Waals surface area contributed by atoms with Gasteiger partial charge in [-0.1, -0.05) is 6.07 Å². The van der Waals surface area contributed by atoms with E-state index in [9.17, 15) is 9.18 Å². The highest BCUT2D eigenvalue weighted by Gasteiger charge is 2.27. The van der Waals surface area contributed by atoms with Crippen LogP contribution in [0.2, 0.25) is 0 Å². The molecule has 0 bridgehead atoms. The van der Waals surface area contributed by atoms with Gasteiger partial charge in [-0.3, -0.25) is 4.79 Å². The number of aryl methyl sites for hydroxylation is 1. The van der Waals surface area contributed by atoms with Gasteiger partial charge < -0.3 is 20.5 Å². The molecule has 156 valence electrons. The number of halogens is 1. The minimum absolute atomic E-state index is 0.183. The first-order valence-corrected chi connectivity index (χ1v) is 9.98. The lowest BCUT2D eigenvalue weighted by atomic mass is 10.2. The van der Waals surface area contributed by atoms with Gasteiger partial charge in [-0.25, -0.2) is 14.4 Å². The van der Waals surface area contributed by atoms with Crippen molar-refractivity contribution in [3.05, 3.63) is 60.1 Å². The average molecular weight is 409 g/mol. The maximum atomic E-state index is 13.4. The Hall–Kier alpha value is -3.49. The molecule has 0 radical (unpaired) electrons. The Morgan fingerprint density at radius 3 is 2.87 bits per heavy atom. The van der Waals surface area contributed by atoms with Crippen LogP contribution in [0.5, 0.6) is 0 Å². The summed E-state index contributed by atoms with van der Waals surface area (Å²) < 4.78 is 15.1. The van der Waals surface area contributed by atoms with Gasteiger partial charge in [0.25, 0.3) is 5.91 Å². The van der Waals surface area contributed by atoms with Gasteiger partial charge in [0.15, 0.2) is 0 Å². The van der Waals surface area contributed by atoms with E-state index >= 15 is 0 Å². The Bertz CT molecular complexity index is 1030. The van der Waals surface area contributed by atoms with Crippen LogP contribution in [0.15, 0.2) is 43.0 Å². The molecule has 0 atom stereocenters. The molecule has 0 unspecified atom stereocenters. The number of carbonyl (C=O) groups is 1. The summed E-state index contributed by atoms with van der Waals surface area (Å²) in [5.74, 6) is 1.18. The molecule has 3 aromatic rings. The van der Waals surface area contributed by atoms with Crippen LogP contribution in [0.4, 0.5) is 21.8 Å². The fourth-order valence-corrected chi connectivity index (χ4v) is 3.10. The van der Waals surface area contributed by atoms with Crippen molar-refractivity contribution in [2.24, 2.45) is 7.05 Å². The van der Waals surface area contributed by atoms with Gasteiger partial charge in [-0.2, -0.15) is 4.98 Å². The molecule has 1 aliphatic rings. The minimum atomic E-state index is -0.319. The lowest BCUT2D eigenvalue weighted by Gasteiger charge is -2.13. The number of nitrogens with zero attached hydrogens (tertiary/aromatic N) is 4. The monoisotopic (exact) mass is 409 g/mol.